The number of hydrogen-bond donors (Lipinski definition) is 2. The van der Waals surface area contributed by atoms with Crippen LogP contribution < -0.4 is 10.5 Å². The van der Waals surface area contributed by atoms with Gasteiger partial charge in [-0.3, -0.25) is 4.79 Å². The fraction of sp³-hybridized carbons (Fsp3) is 0.0833. The summed E-state index contributed by atoms with van der Waals surface area (Å²) in [7, 11) is 0. The van der Waals surface area contributed by atoms with E-state index >= 15 is 0 Å². The van der Waals surface area contributed by atoms with Crippen LogP contribution in [0.15, 0.2) is 36.5 Å². The second kappa shape index (κ2) is 5.21. The van der Waals surface area contributed by atoms with Crippen LogP contribution in [0.3, 0.4) is 0 Å². The molecule has 0 atom stereocenters. The molecule has 0 aliphatic carbocycles. The number of amides is 1. The number of rotatable bonds is 5. The van der Waals surface area contributed by atoms with E-state index in [1.165, 1.54) is 4.68 Å². The molecule has 98 valence electrons. The topological polar surface area (TPSA) is 107 Å². The van der Waals surface area contributed by atoms with Gasteiger partial charge in [0.05, 0.1) is 11.9 Å². The fourth-order valence-corrected chi connectivity index (χ4v) is 1.52. The minimum atomic E-state index is -1.19. The van der Waals surface area contributed by atoms with Gasteiger partial charge in [0.25, 0.3) is 5.91 Å². The number of aromatic carboxylic acids is 1. The number of para-hydroxylation sites is 1. The lowest BCUT2D eigenvalue weighted by atomic mass is 10.3. The molecule has 1 amide bonds. The minimum Gasteiger partial charge on any atom is -0.477 e. The number of carboxylic acids is 1. The quantitative estimate of drug-likeness (QED) is 0.811. The van der Waals surface area contributed by atoms with Gasteiger partial charge in [0.2, 0.25) is 5.88 Å². The van der Waals surface area contributed by atoms with E-state index in [4.69, 9.17) is 15.6 Å². The molecule has 1 aromatic heterocycles. The van der Waals surface area contributed by atoms with Crippen molar-refractivity contribution in [2.45, 2.75) is 0 Å². The van der Waals surface area contributed by atoms with Crippen LogP contribution in [0.1, 0.15) is 10.4 Å². The smallest absolute Gasteiger partial charge is 0.342 e. The maximum absolute atomic E-state index is 11.1. The molecule has 0 bridgehead atoms. The van der Waals surface area contributed by atoms with Gasteiger partial charge >= 0.3 is 5.97 Å². The minimum absolute atomic E-state index is 0.0301. The van der Waals surface area contributed by atoms with E-state index in [1.807, 2.05) is 6.07 Å². The Hall–Kier alpha value is -2.83. The van der Waals surface area contributed by atoms with Gasteiger partial charge in [-0.25, -0.2) is 9.48 Å². The predicted octanol–water partition coefficient (Wildman–Crippen LogP) is 0.435. The van der Waals surface area contributed by atoms with Crippen LogP contribution in [-0.4, -0.2) is 33.4 Å². The molecule has 0 fully saturated rings. The lowest BCUT2D eigenvalue weighted by Gasteiger charge is -2.08. The molecule has 0 saturated carbocycles. The first-order chi connectivity index (χ1) is 9.09. The SMILES string of the molecule is NC(=O)COc1c(C(=O)O)cnn1-c1ccccc1. The lowest BCUT2D eigenvalue weighted by molar-refractivity contribution is -0.120. The molecule has 1 aromatic carbocycles. The van der Waals surface area contributed by atoms with Gasteiger partial charge < -0.3 is 15.6 Å². The van der Waals surface area contributed by atoms with Crippen molar-refractivity contribution in [3.8, 4) is 11.6 Å². The molecule has 0 unspecified atom stereocenters. The molecule has 7 heteroatoms. The van der Waals surface area contributed by atoms with Crippen molar-refractivity contribution >= 4 is 11.9 Å². The Morgan fingerprint density at radius 1 is 1.32 bits per heavy atom. The van der Waals surface area contributed by atoms with Crippen molar-refractivity contribution in [3.63, 3.8) is 0 Å². The zero-order chi connectivity index (χ0) is 13.8. The summed E-state index contributed by atoms with van der Waals surface area (Å²) in [6.07, 6.45) is 1.16. The van der Waals surface area contributed by atoms with Crippen molar-refractivity contribution in [2.75, 3.05) is 6.61 Å². The highest BCUT2D eigenvalue weighted by molar-refractivity contribution is 5.90. The first kappa shape index (κ1) is 12.6. The number of hydrogen-bond acceptors (Lipinski definition) is 4. The molecule has 0 aliphatic heterocycles. The van der Waals surface area contributed by atoms with Crippen molar-refractivity contribution in [1.82, 2.24) is 9.78 Å². The second-order valence-corrected chi connectivity index (χ2v) is 3.67. The van der Waals surface area contributed by atoms with Crippen molar-refractivity contribution in [2.24, 2.45) is 5.73 Å². The van der Waals surface area contributed by atoms with Gasteiger partial charge in [0.1, 0.15) is 5.56 Å². The molecule has 0 aliphatic rings. The molecular weight excluding hydrogens is 250 g/mol. The molecule has 2 aromatic rings. The van der Waals surface area contributed by atoms with Crippen molar-refractivity contribution < 1.29 is 19.4 Å². The summed E-state index contributed by atoms with van der Waals surface area (Å²) >= 11 is 0. The summed E-state index contributed by atoms with van der Waals surface area (Å²) in [5.74, 6) is -1.92. The number of nitrogens with zero attached hydrogens (tertiary/aromatic N) is 2. The van der Waals surface area contributed by atoms with Gasteiger partial charge in [0, 0.05) is 0 Å². The van der Waals surface area contributed by atoms with Gasteiger partial charge in [-0.05, 0) is 12.1 Å². The third-order valence-corrected chi connectivity index (χ3v) is 2.31. The van der Waals surface area contributed by atoms with E-state index in [-0.39, 0.29) is 11.4 Å². The molecule has 0 radical (unpaired) electrons. The summed E-state index contributed by atoms with van der Waals surface area (Å²) in [5.41, 5.74) is 5.47. The normalized spacial score (nSPS) is 10.1. The van der Waals surface area contributed by atoms with Crippen molar-refractivity contribution in [1.29, 1.82) is 0 Å². The number of carbonyl (C=O) groups is 2. The summed E-state index contributed by atoms with van der Waals surface area (Å²) in [6.45, 7) is -0.418. The van der Waals surface area contributed by atoms with Crippen LogP contribution in [0.25, 0.3) is 5.69 Å². The summed E-state index contributed by atoms with van der Waals surface area (Å²) in [6, 6.07) is 8.82. The summed E-state index contributed by atoms with van der Waals surface area (Å²) in [5, 5.41) is 13.0. The predicted molar refractivity (Wildman–Crippen MR) is 65.2 cm³/mol. The Morgan fingerprint density at radius 2 is 2.00 bits per heavy atom. The number of carbonyl (C=O) groups excluding carboxylic acids is 1. The first-order valence-corrected chi connectivity index (χ1v) is 5.37. The number of carboxylic acid groups (broad SMARTS) is 1. The van der Waals surface area contributed by atoms with E-state index < -0.39 is 18.5 Å². The van der Waals surface area contributed by atoms with Crippen LogP contribution in [0.2, 0.25) is 0 Å². The Balaban J connectivity index is 2.43. The van der Waals surface area contributed by atoms with Gasteiger partial charge in [0.15, 0.2) is 6.61 Å². The molecule has 1 heterocycles. The van der Waals surface area contributed by atoms with Crippen LogP contribution in [0.4, 0.5) is 0 Å². The Labute approximate surface area is 108 Å². The number of nitrogens with two attached hydrogens (primary N) is 1. The zero-order valence-electron chi connectivity index (χ0n) is 9.81. The average Bonchev–Trinajstić information content (AvgIpc) is 2.81. The summed E-state index contributed by atoms with van der Waals surface area (Å²) < 4.78 is 6.43. The maximum Gasteiger partial charge on any atom is 0.342 e. The standard InChI is InChI=1S/C12H11N3O4/c13-10(16)7-19-11-9(12(17)18)6-14-15(11)8-4-2-1-3-5-8/h1-6H,7H2,(H2,13,16)(H,17,18). The Morgan fingerprint density at radius 3 is 2.58 bits per heavy atom. The van der Waals surface area contributed by atoms with Crippen molar-refractivity contribution in [3.05, 3.63) is 42.1 Å². The third kappa shape index (κ3) is 2.71. The molecule has 19 heavy (non-hydrogen) atoms. The molecular formula is C12H11N3O4. The molecule has 0 spiro atoms. The molecule has 7 nitrogen and oxygen atoms in total. The fourth-order valence-electron chi connectivity index (χ4n) is 1.52. The number of benzene rings is 1. The Kier molecular flexibility index (Phi) is 3.46. The van der Waals surface area contributed by atoms with Crippen LogP contribution in [-0.2, 0) is 4.79 Å². The van der Waals surface area contributed by atoms with E-state index in [2.05, 4.69) is 5.10 Å². The number of primary amides is 1. The monoisotopic (exact) mass is 261 g/mol. The first-order valence-electron chi connectivity index (χ1n) is 5.37. The van der Waals surface area contributed by atoms with Crippen LogP contribution in [0.5, 0.6) is 5.88 Å². The highest BCUT2D eigenvalue weighted by Gasteiger charge is 2.19. The zero-order valence-corrected chi connectivity index (χ0v) is 9.81. The van der Waals surface area contributed by atoms with Gasteiger partial charge in [-0.1, -0.05) is 18.2 Å². The van der Waals surface area contributed by atoms with E-state index in [1.54, 1.807) is 24.3 Å². The second-order valence-electron chi connectivity index (χ2n) is 3.67. The highest BCUT2D eigenvalue weighted by atomic mass is 16.5. The van der Waals surface area contributed by atoms with Crippen LogP contribution >= 0.6 is 0 Å². The molecule has 3 N–H and O–H groups in total. The van der Waals surface area contributed by atoms with E-state index in [0.717, 1.165) is 6.20 Å². The number of aromatic nitrogens is 2. The number of ether oxygens (including phenoxy) is 1. The van der Waals surface area contributed by atoms with Gasteiger partial charge in [-0.2, -0.15) is 5.10 Å². The van der Waals surface area contributed by atoms with E-state index in [9.17, 15) is 9.59 Å². The third-order valence-electron chi connectivity index (χ3n) is 2.31. The lowest BCUT2D eigenvalue weighted by Crippen LogP contribution is -2.21. The molecule has 2 rings (SSSR count). The highest BCUT2D eigenvalue weighted by Crippen LogP contribution is 2.22. The van der Waals surface area contributed by atoms with Gasteiger partial charge in [-0.15, -0.1) is 0 Å². The largest absolute Gasteiger partial charge is 0.477 e. The molecule has 0 saturated heterocycles. The maximum atomic E-state index is 11.1. The average molecular weight is 261 g/mol. The van der Waals surface area contributed by atoms with Crippen LogP contribution in [0, 0.1) is 0 Å². The van der Waals surface area contributed by atoms with E-state index in [0.29, 0.717) is 5.69 Å². The summed E-state index contributed by atoms with van der Waals surface area (Å²) in [4.78, 5) is 21.8. The Bertz CT molecular complexity index is 607.